The van der Waals surface area contributed by atoms with Gasteiger partial charge in [-0.25, -0.2) is 9.97 Å². The van der Waals surface area contributed by atoms with Crippen LogP contribution in [0.2, 0.25) is 0 Å². The van der Waals surface area contributed by atoms with Gasteiger partial charge in [-0.05, 0) is 68.1 Å². The Labute approximate surface area is 148 Å². The summed E-state index contributed by atoms with van der Waals surface area (Å²) in [5, 5.41) is 6.60. The molecule has 0 atom stereocenters. The van der Waals surface area contributed by atoms with Crippen LogP contribution in [0.4, 0.5) is 28.7 Å². The molecule has 0 bridgehead atoms. The summed E-state index contributed by atoms with van der Waals surface area (Å²) in [5.41, 5.74) is 13.5. The molecule has 1 aromatic heterocycles. The van der Waals surface area contributed by atoms with E-state index in [1.165, 1.54) is 28.6 Å². The molecule has 5 heteroatoms. The van der Waals surface area contributed by atoms with Crippen molar-refractivity contribution in [3.05, 3.63) is 65.0 Å². The van der Waals surface area contributed by atoms with Crippen LogP contribution in [0.1, 0.15) is 22.3 Å². The maximum Gasteiger partial charge on any atom is 0.159 e. The highest BCUT2D eigenvalue weighted by atomic mass is 15.1. The fourth-order valence-electron chi connectivity index (χ4n) is 2.79. The van der Waals surface area contributed by atoms with Crippen molar-refractivity contribution in [2.75, 3.05) is 16.4 Å². The summed E-state index contributed by atoms with van der Waals surface area (Å²) >= 11 is 0. The Morgan fingerprint density at radius 2 is 1.48 bits per heavy atom. The molecule has 0 saturated carbocycles. The van der Waals surface area contributed by atoms with Crippen molar-refractivity contribution in [3.8, 4) is 0 Å². The highest BCUT2D eigenvalue weighted by molar-refractivity contribution is 5.81. The van der Waals surface area contributed by atoms with Crippen LogP contribution in [-0.2, 0) is 0 Å². The van der Waals surface area contributed by atoms with Gasteiger partial charge >= 0.3 is 0 Å². The van der Waals surface area contributed by atoms with Crippen LogP contribution in [0, 0.1) is 27.7 Å². The average molecular weight is 333 g/mol. The van der Waals surface area contributed by atoms with Gasteiger partial charge in [0, 0.05) is 11.4 Å². The number of nitrogens with zero attached hydrogens (tertiary/aromatic N) is 2. The first-order valence-electron chi connectivity index (χ1n) is 8.23. The molecule has 0 fully saturated rings. The molecule has 0 unspecified atom stereocenters. The van der Waals surface area contributed by atoms with E-state index in [4.69, 9.17) is 5.73 Å². The van der Waals surface area contributed by atoms with Gasteiger partial charge in [0.15, 0.2) is 11.6 Å². The van der Waals surface area contributed by atoms with E-state index in [1.807, 2.05) is 12.1 Å². The molecule has 3 rings (SSSR count). The lowest BCUT2D eigenvalue weighted by Gasteiger charge is -2.15. The van der Waals surface area contributed by atoms with Gasteiger partial charge in [0.05, 0.1) is 0 Å². The molecular weight excluding hydrogens is 310 g/mol. The Balaban J connectivity index is 1.91. The second kappa shape index (κ2) is 6.81. The van der Waals surface area contributed by atoms with E-state index in [-0.39, 0.29) is 0 Å². The van der Waals surface area contributed by atoms with E-state index in [9.17, 15) is 0 Å². The van der Waals surface area contributed by atoms with Gasteiger partial charge in [-0.1, -0.05) is 18.2 Å². The van der Waals surface area contributed by atoms with E-state index < -0.39 is 0 Å². The van der Waals surface area contributed by atoms with Gasteiger partial charge < -0.3 is 16.4 Å². The van der Waals surface area contributed by atoms with Crippen molar-refractivity contribution in [3.63, 3.8) is 0 Å². The van der Waals surface area contributed by atoms with Gasteiger partial charge in [0.1, 0.15) is 12.0 Å². The van der Waals surface area contributed by atoms with Gasteiger partial charge in [-0.15, -0.1) is 0 Å². The SMILES string of the molecule is Cc1cc(C)cc(Nc2ncnc(Nc3cccc(C)c3C)c2N)c1. The quantitative estimate of drug-likeness (QED) is 0.640. The minimum atomic E-state index is 0.488. The summed E-state index contributed by atoms with van der Waals surface area (Å²) in [6.07, 6.45) is 1.51. The minimum absolute atomic E-state index is 0.488. The molecule has 0 radical (unpaired) electrons. The minimum Gasteiger partial charge on any atom is -0.393 e. The predicted octanol–water partition coefficient (Wildman–Crippen LogP) is 4.78. The largest absolute Gasteiger partial charge is 0.393 e. The smallest absolute Gasteiger partial charge is 0.159 e. The van der Waals surface area contributed by atoms with E-state index in [2.05, 4.69) is 72.6 Å². The summed E-state index contributed by atoms with van der Waals surface area (Å²) in [7, 11) is 0. The molecule has 3 aromatic rings. The number of benzene rings is 2. The normalized spacial score (nSPS) is 10.6. The molecule has 128 valence electrons. The lowest BCUT2D eigenvalue weighted by atomic mass is 10.1. The van der Waals surface area contributed by atoms with Crippen molar-refractivity contribution >= 4 is 28.7 Å². The Morgan fingerprint density at radius 3 is 2.16 bits per heavy atom. The molecule has 2 aromatic carbocycles. The van der Waals surface area contributed by atoms with E-state index >= 15 is 0 Å². The van der Waals surface area contributed by atoms with Gasteiger partial charge in [0.25, 0.3) is 0 Å². The summed E-state index contributed by atoms with van der Waals surface area (Å²) in [4.78, 5) is 8.58. The zero-order valence-corrected chi connectivity index (χ0v) is 15.0. The van der Waals surface area contributed by atoms with Crippen LogP contribution in [0.3, 0.4) is 0 Å². The molecule has 0 aliphatic rings. The van der Waals surface area contributed by atoms with Crippen LogP contribution in [0.25, 0.3) is 0 Å². The first-order valence-corrected chi connectivity index (χ1v) is 8.23. The Hall–Kier alpha value is -3.08. The number of hydrogen-bond acceptors (Lipinski definition) is 5. The van der Waals surface area contributed by atoms with Crippen molar-refractivity contribution in [1.82, 2.24) is 9.97 Å². The van der Waals surface area contributed by atoms with Gasteiger partial charge in [-0.2, -0.15) is 0 Å². The molecular formula is C20H23N5. The third-order valence-electron chi connectivity index (χ3n) is 4.23. The third-order valence-corrected chi connectivity index (χ3v) is 4.23. The lowest BCUT2D eigenvalue weighted by molar-refractivity contribution is 1.17. The van der Waals surface area contributed by atoms with E-state index in [0.717, 1.165) is 11.4 Å². The number of aromatic nitrogens is 2. The van der Waals surface area contributed by atoms with Gasteiger partial charge in [0.2, 0.25) is 0 Å². The van der Waals surface area contributed by atoms with Gasteiger partial charge in [-0.3, -0.25) is 0 Å². The zero-order valence-electron chi connectivity index (χ0n) is 15.0. The van der Waals surface area contributed by atoms with Crippen LogP contribution >= 0.6 is 0 Å². The molecule has 0 amide bonds. The number of anilines is 5. The second-order valence-electron chi connectivity index (χ2n) is 6.36. The topological polar surface area (TPSA) is 75.9 Å². The summed E-state index contributed by atoms with van der Waals surface area (Å²) < 4.78 is 0. The van der Waals surface area contributed by atoms with Crippen LogP contribution in [0.15, 0.2) is 42.7 Å². The molecule has 5 nitrogen and oxygen atoms in total. The first kappa shape index (κ1) is 16.8. The van der Waals surface area contributed by atoms with Crippen LogP contribution in [-0.4, -0.2) is 9.97 Å². The van der Waals surface area contributed by atoms with Crippen LogP contribution < -0.4 is 16.4 Å². The zero-order chi connectivity index (χ0) is 18.0. The molecule has 0 saturated heterocycles. The molecule has 0 aliphatic heterocycles. The fraction of sp³-hybridized carbons (Fsp3) is 0.200. The highest BCUT2D eigenvalue weighted by Crippen LogP contribution is 2.30. The maximum absolute atomic E-state index is 6.29. The summed E-state index contributed by atoms with van der Waals surface area (Å²) in [5.74, 6) is 1.18. The second-order valence-corrected chi connectivity index (χ2v) is 6.36. The van der Waals surface area contributed by atoms with E-state index in [1.54, 1.807) is 0 Å². The number of aryl methyl sites for hydroxylation is 3. The fourth-order valence-corrected chi connectivity index (χ4v) is 2.79. The third kappa shape index (κ3) is 3.71. The van der Waals surface area contributed by atoms with E-state index in [0.29, 0.717) is 17.3 Å². The Kier molecular flexibility index (Phi) is 4.57. The molecule has 0 spiro atoms. The lowest BCUT2D eigenvalue weighted by Crippen LogP contribution is -2.06. The number of nitrogens with two attached hydrogens (primary N) is 1. The predicted molar refractivity (Wildman–Crippen MR) is 105 cm³/mol. The van der Waals surface area contributed by atoms with Crippen LogP contribution in [0.5, 0.6) is 0 Å². The highest BCUT2D eigenvalue weighted by Gasteiger charge is 2.10. The number of nitrogens with one attached hydrogen (secondary N) is 2. The molecule has 4 N–H and O–H groups in total. The monoisotopic (exact) mass is 333 g/mol. The molecule has 25 heavy (non-hydrogen) atoms. The standard InChI is InChI=1S/C20H23N5/c1-12-8-13(2)10-16(9-12)24-19-18(21)20(23-11-22-19)25-17-7-5-6-14(3)15(17)4/h5-11H,21H2,1-4H3,(H2,22,23,24,25). The Bertz CT molecular complexity index is 898. The maximum atomic E-state index is 6.29. The van der Waals surface area contributed by atoms with Crippen molar-refractivity contribution in [2.45, 2.75) is 27.7 Å². The number of rotatable bonds is 4. The van der Waals surface area contributed by atoms with Crippen molar-refractivity contribution < 1.29 is 0 Å². The van der Waals surface area contributed by atoms with Crippen molar-refractivity contribution in [1.29, 1.82) is 0 Å². The number of hydrogen-bond donors (Lipinski definition) is 3. The number of nitrogen functional groups attached to an aromatic ring is 1. The summed E-state index contributed by atoms with van der Waals surface area (Å²) in [6.45, 7) is 8.28. The first-order chi connectivity index (χ1) is 11.9. The Morgan fingerprint density at radius 1 is 0.840 bits per heavy atom. The molecule has 0 aliphatic carbocycles. The average Bonchev–Trinajstić information content (AvgIpc) is 2.54. The molecule has 1 heterocycles. The van der Waals surface area contributed by atoms with Crippen molar-refractivity contribution in [2.24, 2.45) is 0 Å². The summed E-state index contributed by atoms with van der Waals surface area (Å²) in [6, 6.07) is 12.4.